The first kappa shape index (κ1) is 22.0. The molecule has 1 aliphatic rings. The van der Waals surface area contributed by atoms with Crippen LogP contribution in [0.1, 0.15) is 39.4 Å². The Morgan fingerprint density at radius 2 is 2.13 bits per heavy atom. The molecule has 2 aromatic rings. The van der Waals surface area contributed by atoms with Gasteiger partial charge >= 0.3 is 6.09 Å². The zero-order valence-corrected chi connectivity index (χ0v) is 17.6. The molecular weight excluding hydrogens is 403 g/mol. The molecule has 31 heavy (non-hydrogen) atoms. The van der Waals surface area contributed by atoms with Crippen LogP contribution in [0.5, 0.6) is 0 Å². The molecule has 2 heterocycles. The molecule has 1 saturated heterocycles. The summed E-state index contributed by atoms with van der Waals surface area (Å²) in [5, 5.41) is 28.4. The summed E-state index contributed by atoms with van der Waals surface area (Å²) in [6, 6.07) is 6.64. The van der Waals surface area contributed by atoms with Gasteiger partial charge in [-0.1, -0.05) is 6.07 Å². The van der Waals surface area contributed by atoms with E-state index in [1.165, 1.54) is 12.3 Å². The van der Waals surface area contributed by atoms with Crippen LogP contribution < -0.4 is 15.5 Å². The first-order chi connectivity index (χ1) is 14.8. The summed E-state index contributed by atoms with van der Waals surface area (Å²) in [7, 11) is 0. The summed E-state index contributed by atoms with van der Waals surface area (Å²) in [4.78, 5) is 13.9. The summed E-state index contributed by atoms with van der Waals surface area (Å²) in [5.41, 5.74) is 0.509. The molecule has 0 saturated carbocycles. The Morgan fingerprint density at radius 1 is 1.39 bits per heavy atom. The van der Waals surface area contributed by atoms with Crippen molar-refractivity contribution < 1.29 is 13.9 Å². The van der Waals surface area contributed by atoms with E-state index in [9.17, 15) is 14.4 Å². The predicted octanol–water partition coefficient (Wildman–Crippen LogP) is 2.81. The molecule has 1 aromatic carbocycles. The quantitative estimate of drug-likeness (QED) is 0.620. The number of rotatable bonds is 5. The topological polar surface area (TPSA) is 132 Å². The number of amides is 1. The minimum absolute atomic E-state index is 0.0439. The summed E-state index contributed by atoms with van der Waals surface area (Å²) in [6.45, 7) is 6.54. The van der Waals surface area contributed by atoms with Gasteiger partial charge in [0.2, 0.25) is 5.82 Å². The fraction of sp³-hybridized carbons (Fsp3) is 0.450. The lowest BCUT2D eigenvalue weighted by molar-refractivity contribution is 0.0497. The van der Waals surface area contributed by atoms with Crippen molar-refractivity contribution in [3.05, 3.63) is 36.0 Å². The van der Waals surface area contributed by atoms with Crippen molar-refractivity contribution in [2.75, 3.05) is 23.3 Å². The number of alkyl carbamates (subject to hydrolysis) is 1. The van der Waals surface area contributed by atoms with E-state index >= 15 is 0 Å². The third kappa shape index (κ3) is 5.91. The first-order valence-electron chi connectivity index (χ1n) is 9.90. The molecule has 0 unspecified atom stereocenters. The number of benzene rings is 1. The van der Waals surface area contributed by atoms with Crippen molar-refractivity contribution in [3.8, 4) is 6.07 Å². The second-order valence-corrected chi connectivity index (χ2v) is 8.09. The molecule has 1 aliphatic heterocycles. The Hall–Kier alpha value is -3.68. The number of piperidine rings is 1. The Labute approximate surface area is 179 Å². The molecule has 0 aliphatic carbocycles. The summed E-state index contributed by atoms with van der Waals surface area (Å²) in [6.07, 6.45) is 2.26. The lowest BCUT2D eigenvalue weighted by Gasteiger charge is -2.35. The highest BCUT2D eigenvalue weighted by molar-refractivity contribution is 5.78. The zero-order chi connectivity index (χ0) is 22.4. The SMILES string of the molecule is CC(C)(C)OC(=O)NC1CCN(c2c(F)cccc2NC=C(C#N)c2nn[nH]n2)CC1. The summed E-state index contributed by atoms with van der Waals surface area (Å²) in [5.74, 6) is -0.239. The van der Waals surface area contributed by atoms with E-state index in [2.05, 4.69) is 31.3 Å². The average Bonchev–Trinajstić information content (AvgIpc) is 3.23. The average molecular weight is 428 g/mol. The van der Waals surface area contributed by atoms with Crippen molar-refractivity contribution in [1.82, 2.24) is 25.9 Å². The molecule has 1 aromatic heterocycles. The fourth-order valence-corrected chi connectivity index (χ4v) is 3.25. The maximum atomic E-state index is 14.7. The molecule has 1 fully saturated rings. The number of hydrogen-bond donors (Lipinski definition) is 3. The molecular formula is C20H25FN8O2. The normalized spacial score (nSPS) is 15.3. The van der Waals surface area contributed by atoms with Gasteiger partial charge in [-0.25, -0.2) is 9.18 Å². The minimum Gasteiger partial charge on any atom is -0.444 e. The monoisotopic (exact) mass is 428 g/mol. The van der Waals surface area contributed by atoms with Crippen molar-refractivity contribution in [2.45, 2.75) is 45.3 Å². The predicted molar refractivity (Wildman–Crippen MR) is 112 cm³/mol. The highest BCUT2D eigenvalue weighted by atomic mass is 19.1. The van der Waals surface area contributed by atoms with Gasteiger partial charge in [0.25, 0.3) is 0 Å². The Bertz CT molecular complexity index is 970. The van der Waals surface area contributed by atoms with E-state index in [1.54, 1.807) is 12.1 Å². The molecule has 11 heteroatoms. The number of halogens is 1. The number of hydrogen-bond acceptors (Lipinski definition) is 8. The highest BCUT2D eigenvalue weighted by Crippen LogP contribution is 2.32. The van der Waals surface area contributed by atoms with E-state index in [4.69, 9.17) is 4.74 Å². The second kappa shape index (κ2) is 9.42. The summed E-state index contributed by atoms with van der Waals surface area (Å²) >= 11 is 0. The van der Waals surface area contributed by atoms with Gasteiger partial charge in [0.15, 0.2) is 0 Å². The van der Waals surface area contributed by atoms with Crippen LogP contribution in [0.3, 0.4) is 0 Å². The maximum Gasteiger partial charge on any atom is 0.407 e. The van der Waals surface area contributed by atoms with E-state index in [1.807, 2.05) is 31.7 Å². The van der Waals surface area contributed by atoms with Crippen molar-refractivity contribution in [2.24, 2.45) is 0 Å². The number of nitriles is 1. The number of carbonyl (C=O) groups is 1. The van der Waals surface area contributed by atoms with Crippen LogP contribution in [-0.4, -0.2) is 51.4 Å². The number of ether oxygens (including phenoxy) is 1. The van der Waals surface area contributed by atoms with Gasteiger partial charge in [-0.3, -0.25) is 0 Å². The molecule has 0 atom stereocenters. The van der Waals surface area contributed by atoms with Crippen LogP contribution in [0.4, 0.5) is 20.6 Å². The van der Waals surface area contributed by atoms with Crippen LogP contribution in [-0.2, 0) is 4.74 Å². The Balaban J connectivity index is 1.67. The molecule has 10 nitrogen and oxygen atoms in total. The third-order valence-corrected chi connectivity index (χ3v) is 4.60. The third-order valence-electron chi connectivity index (χ3n) is 4.60. The van der Waals surface area contributed by atoms with E-state index in [0.717, 1.165) is 0 Å². The van der Waals surface area contributed by atoms with Crippen molar-refractivity contribution in [1.29, 1.82) is 5.26 Å². The van der Waals surface area contributed by atoms with Crippen LogP contribution in [0.15, 0.2) is 24.4 Å². The number of nitrogens with zero attached hydrogens (tertiary/aromatic N) is 5. The van der Waals surface area contributed by atoms with Gasteiger partial charge in [0.1, 0.15) is 23.1 Å². The number of carbonyl (C=O) groups excluding carboxylic acids is 1. The Morgan fingerprint density at radius 3 is 2.74 bits per heavy atom. The van der Waals surface area contributed by atoms with Crippen molar-refractivity contribution >= 4 is 23.0 Å². The maximum absolute atomic E-state index is 14.7. The largest absolute Gasteiger partial charge is 0.444 e. The van der Waals surface area contributed by atoms with Gasteiger partial charge in [0.05, 0.1) is 11.4 Å². The number of aromatic nitrogens is 4. The number of nitrogens with one attached hydrogen (secondary N) is 3. The van der Waals surface area contributed by atoms with Crippen LogP contribution >= 0.6 is 0 Å². The smallest absolute Gasteiger partial charge is 0.407 e. The lowest BCUT2D eigenvalue weighted by atomic mass is 10.0. The number of H-pyrrole nitrogens is 1. The molecule has 164 valence electrons. The van der Waals surface area contributed by atoms with Gasteiger partial charge in [-0.2, -0.15) is 10.5 Å². The second-order valence-electron chi connectivity index (χ2n) is 8.09. The van der Waals surface area contributed by atoms with E-state index in [0.29, 0.717) is 37.3 Å². The number of anilines is 2. The van der Waals surface area contributed by atoms with Gasteiger partial charge < -0.3 is 20.3 Å². The number of allylic oxidation sites excluding steroid dienone is 1. The van der Waals surface area contributed by atoms with Gasteiger partial charge in [-0.05, 0) is 51.0 Å². The standard InChI is InChI=1S/C20H25FN8O2/c1-20(2,3)31-19(30)24-14-7-9-29(10-8-14)17-15(21)5-4-6-16(17)23-12-13(11-22)18-25-27-28-26-18/h4-6,12,14,23H,7-10H2,1-3H3,(H,24,30)(H,25,26,27,28). The van der Waals surface area contributed by atoms with E-state index < -0.39 is 11.7 Å². The van der Waals surface area contributed by atoms with Crippen LogP contribution in [0.2, 0.25) is 0 Å². The van der Waals surface area contributed by atoms with Gasteiger partial charge in [-0.15, -0.1) is 10.2 Å². The Kier molecular flexibility index (Phi) is 6.69. The summed E-state index contributed by atoms with van der Waals surface area (Å²) < 4.78 is 20.0. The van der Waals surface area contributed by atoms with E-state index in [-0.39, 0.29) is 23.3 Å². The number of para-hydroxylation sites is 1. The first-order valence-corrected chi connectivity index (χ1v) is 9.90. The van der Waals surface area contributed by atoms with Gasteiger partial charge in [0, 0.05) is 25.3 Å². The number of aromatic amines is 1. The molecule has 0 radical (unpaired) electrons. The molecule has 3 rings (SSSR count). The van der Waals surface area contributed by atoms with Crippen LogP contribution in [0.25, 0.3) is 5.57 Å². The number of tetrazole rings is 1. The fourth-order valence-electron chi connectivity index (χ4n) is 3.25. The van der Waals surface area contributed by atoms with Crippen LogP contribution in [0, 0.1) is 17.1 Å². The zero-order valence-electron chi connectivity index (χ0n) is 17.6. The van der Waals surface area contributed by atoms with Crippen molar-refractivity contribution in [3.63, 3.8) is 0 Å². The molecule has 0 bridgehead atoms. The molecule has 1 amide bonds. The highest BCUT2D eigenvalue weighted by Gasteiger charge is 2.26. The lowest BCUT2D eigenvalue weighted by Crippen LogP contribution is -2.46. The molecule has 0 spiro atoms. The minimum atomic E-state index is -0.560. The molecule has 3 N–H and O–H groups in total.